The van der Waals surface area contributed by atoms with Crippen molar-refractivity contribution in [3.63, 3.8) is 0 Å². The summed E-state index contributed by atoms with van der Waals surface area (Å²) in [6.45, 7) is 3.78. The van der Waals surface area contributed by atoms with Crippen molar-refractivity contribution in [2.24, 2.45) is 0 Å². The number of methoxy groups -OCH3 is 2. The largest absolute Gasteiger partial charge is 0.493 e. The minimum atomic E-state index is -4.17. The highest BCUT2D eigenvalue weighted by molar-refractivity contribution is 7.92. The van der Waals surface area contributed by atoms with E-state index in [0.29, 0.717) is 30.9 Å². The topological polar surface area (TPSA) is 105 Å². The maximum atomic E-state index is 14.0. The number of sulfonamides is 1. The van der Waals surface area contributed by atoms with Gasteiger partial charge in [0, 0.05) is 19.2 Å². The molecular formula is C30H37N3O6S. The first-order chi connectivity index (χ1) is 19.3. The van der Waals surface area contributed by atoms with Gasteiger partial charge in [-0.3, -0.25) is 13.9 Å². The second kappa shape index (κ2) is 14.4. The molecule has 0 bridgehead atoms. The Labute approximate surface area is 236 Å². The fourth-order valence-electron chi connectivity index (χ4n) is 4.42. The average Bonchev–Trinajstić information content (AvgIpc) is 2.98. The Morgan fingerprint density at radius 3 is 2.08 bits per heavy atom. The molecule has 0 saturated carbocycles. The van der Waals surface area contributed by atoms with Crippen LogP contribution in [0.5, 0.6) is 11.5 Å². The number of benzene rings is 3. The summed E-state index contributed by atoms with van der Waals surface area (Å²) in [7, 11) is -1.24. The minimum absolute atomic E-state index is 0.0317. The van der Waals surface area contributed by atoms with Gasteiger partial charge in [0.25, 0.3) is 10.0 Å². The minimum Gasteiger partial charge on any atom is -0.493 e. The van der Waals surface area contributed by atoms with Crippen LogP contribution in [0, 0.1) is 0 Å². The molecule has 0 aliphatic carbocycles. The van der Waals surface area contributed by atoms with E-state index in [1.807, 2.05) is 44.2 Å². The summed E-state index contributed by atoms with van der Waals surface area (Å²) < 4.78 is 39.6. The van der Waals surface area contributed by atoms with E-state index in [4.69, 9.17) is 9.47 Å². The number of nitrogens with zero attached hydrogens (tertiary/aromatic N) is 2. The smallest absolute Gasteiger partial charge is 0.264 e. The summed E-state index contributed by atoms with van der Waals surface area (Å²) in [6.07, 6.45) is 0.873. The van der Waals surface area contributed by atoms with E-state index in [1.165, 1.54) is 37.3 Å². The van der Waals surface area contributed by atoms with Crippen molar-refractivity contribution in [1.82, 2.24) is 10.2 Å². The standard InChI is InChI=1S/C30H37N3O6S/c1-5-26(30(35)31-6-2)32(20-19-23-13-9-7-10-14-23)29(34)22-33(40(36,37)25-15-11-8-12-16-25)24-17-18-27(38-3)28(21-24)39-4/h7-18,21,26H,5-6,19-20,22H2,1-4H3,(H,31,35)/t26-/m0/s1. The van der Waals surface area contributed by atoms with Gasteiger partial charge < -0.3 is 19.7 Å². The lowest BCUT2D eigenvalue weighted by atomic mass is 10.1. The molecule has 1 N–H and O–H groups in total. The van der Waals surface area contributed by atoms with Crippen LogP contribution in [0.4, 0.5) is 5.69 Å². The zero-order chi connectivity index (χ0) is 29.1. The summed E-state index contributed by atoms with van der Waals surface area (Å²) in [5, 5.41) is 2.80. The quantitative estimate of drug-likeness (QED) is 0.317. The summed E-state index contributed by atoms with van der Waals surface area (Å²) in [6, 6.07) is 21.4. The predicted octanol–water partition coefficient (Wildman–Crippen LogP) is 3.89. The zero-order valence-electron chi connectivity index (χ0n) is 23.4. The van der Waals surface area contributed by atoms with Crippen LogP contribution in [0.1, 0.15) is 25.8 Å². The fraction of sp³-hybridized carbons (Fsp3) is 0.333. The first kappa shape index (κ1) is 30.5. The third-order valence-corrected chi connectivity index (χ3v) is 8.27. The Balaban J connectivity index is 2.05. The molecule has 0 saturated heterocycles. The Kier molecular flexibility index (Phi) is 11.0. The molecule has 0 aromatic heterocycles. The van der Waals surface area contributed by atoms with Gasteiger partial charge in [0.2, 0.25) is 11.8 Å². The molecule has 3 aromatic carbocycles. The zero-order valence-corrected chi connectivity index (χ0v) is 24.2. The molecule has 1 atom stereocenters. The van der Waals surface area contributed by atoms with Gasteiger partial charge in [-0.15, -0.1) is 0 Å². The van der Waals surface area contributed by atoms with E-state index < -0.39 is 28.5 Å². The average molecular weight is 568 g/mol. The van der Waals surface area contributed by atoms with Gasteiger partial charge in [-0.05, 0) is 49.6 Å². The van der Waals surface area contributed by atoms with E-state index in [9.17, 15) is 18.0 Å². The highest BCUT2D eigenvalue weighted by Gasteiger charge is 2.33. The Morgan fingerprint density at radius 1 is 0.875 bits per heavy atom. The van der Waals surface area contributed by atoms with Gasteiger partial charge in [0.05, 0.1) is 24.8 Å². The van der Waals surface area contributed by atoms with Gasteiger partial charge in [0.15, 0.2) is 11.5 Å². The molecule has 214 valence electrons. The van der Waals surface area contributed by atoms with Crippen molar-refractivity contribution in [2.75, 3.05) is 38.2 Å². The van der Waals surface area contributed by atoms with Crippen LogP contribution >= 0.6 is 0 Å². The highest BCUT2D eigenvalue weighted by atomic mass is 32.2. The van der Waals surface area contributed by atoms with E-state index >= 15 is 0 Å². The number of anilines is 1. The van der Waals surface area contributed by atoms with Gasteiger partial charge in [-0.1, -0.05) is 55.5 Å². The number of amides is 2. The van der Waals surface area contributed by atoms with Crippen LogP contribution in [-0.4, -0.2) is 65.0 Å². The van der Waals surface area contributed by atoms with E-state index in [2.05, 4.69) is 5.32 Å². The highest BCUT2D eigenvalue weighted by Crippen LogP contribution is 2.34. The SMILES string of the molecule is CCNC(=O)[C@H](CC)N(CCc1ccccc1)C(=O)CN(c1ccc(OC)c(OC)c1)S(=O)(=O)c1ccccc1. The lowest BCUT2D eigenvalue weighted by Crippen LogP contribution is -2.53. The third-order valence-electron chi connectivity index (χ3n) is 6.49. The number of hydrogen-bond donors (Lipinski definition) is 1. The molecule has 2 amide bonds. The van der Waals surface area contributed by atoms with Gasteiger partial charge >= 0.3 is 0 Å². The maximum Gasteiger partial charge on any atom is 0.264 e. The van der Waals surface area contributed by atoms with Crippen molar-refractivity contribution in [3.8, 4) is 11.5 Å². The molecule has 10 heteroatoms. The first-order valence-corrected chi connectivity index (χ1v) is 14.6. The van der Waals surface area contributed by atoms with Gasteiger partial charge in [-0.2, -0.15) is 0 Å². The molecule has 0 fully saturated rings. The van der Waals surface area contributed by atoms with Crippen molar-refractivity contribution in [3.05, 3.63) is 84.4 Å². The lowest BCUT2D eigenvalue weighted by molar-refractivity contribution is -0.139. The van der Waals surface area contributed by atoms with E-state index in [1.54, 1.807) is 30.3 Å². The normalized spacial score (nSPS) is 11.8. The van der Waals surface area contributed by atoms with Crippen LogP contribution in [0.2, 0.25) is 0 Å². The van der Waals surface area contributed by atoms with Gasteiger partial charge in [-0.25, -0.2) is 8.42 Å². The van der Waals surface area contributed by atoms with E-state index in [0.717, 1.165) is 9.87 Å². The number of carbonyl (C=O) groups is 2. The monoisotopic (exact) mass is 567 g/mol. The summed E-state index contributed by atoms with van der Waals surface area (Å²) in [5.74, 6) is -0.0462. The van der Waals surface area contributed by atoms with Crippen molar-refractivity contribution in [2.45, 2.75) is 37.6 Å². The Hall–Kier alpha value is -4.05. The maximum absolute atomic E-state index is 14.0. The lowest BCUT2D eigenvalue weighted by Gasteiger charge is -2.33. The second-order valence-corrected chi connectivity index (χ2v) is 10.9. The molecule has 0 radical (unpaired) electrons. The van der Waals surface area contributed by atoms with Crippen LogP contribution < -0.4 is 19.1 Å². The summed E-state index contributed by atoms with van der Waals surface area (Å²) in [4.78, 5) is 28.5. The number of carbonyl (C=O) groups excluding carboxylic acids is 2. The molecule has 3 rings (SSSR count). The Morgan fingerprint density at radius 2 is 1.50 bits per heavy atom. The number of ether oxygens (including phenoxy) is 2. The predicted molar refractivity (Wildman–Crippen MR) is 155 cm³/mol. The second-order valence-electron chi connectivity index (χ2n) is 9.01. The molecule has 0 aliphatic rings. The summed E-state index contributed by atoms with van der Waals surface area (Å²) in [5.41, 5.74) is 1.23. The number of hydrogen-bond acceptors (Lipinski definition) is 6. The van der Waals surface area contributed by atoms with Crippen LogP contribution in [-0.2, 0) is 26.0 Å². The fourth-order valence-corrected chi connectivity index (χ4v) is 5.84. The molecular weight excluding hydrogens is 530 g/mol. The molecule has 40 heavy (non-hydrogen) atoms. The molecule has 0 heterocycles. The van der Waals surface area contributed by atoms with Crippen molar-refractivity contribution in [1.29, 1.82) is 0 Å². The van der Waals surface area contributed by atoms with Crippen LogP contribution in [0.3, 0.4) is 0 Å². The molecule has 9 nitrogen and oxygen atoms in total. The van der Waals surface area contributed by atoms with Crippen LogP contribution in [0.15, 0.2) is 83.8 Å². The number of rotatable bonds is 14. The number of likely N-dealkylation sites (N-methyl/N-ethyl adjacent to an activating group) is 1. The first-order valence-electron chi connectivity index (χ1n) is 13.2. The van der Waals surface area contributed by atoms with E-state index in [-0.39, 0.29) is 23.0 Å². The summed E-state index contributed by atoms with van der Waals surface area (Å²) >= 11 is 0. The number of nitrogens with one attached hydrogen (secondary N) is 1. The van der Waals surface area contributed by atoms with Crippen molar-refractivity contribution < 1.29 is 27.5 Å². The molecule has 0 aliphatic heterocycles. The van der Waals surface area contributed by atoms with Crippen LogP contribution in [0.25, 0.3) is 0 Å². The Bertz CT molecular complexity index is 1370. The molecule has 0 spiro atoms. The van der Waals surface area contributed by atoms with Crippen molar-refractivity contribution >= 4 is 27.5 Å². The molecule has 0 unspecified atom stereocenters. The van der Waals surface area contributed by atoms with Gasteiger partial charge in [0.1, 0.15) is 12.6 Å². The molecule has 3 aromatic rings. The third kappa shape index (κ3) is 7.32.